The highest BCUT2D eigenvalue weighted by atomic mass is 35.5. The standard InChI is InChI=1S/C22H18ClN5O2S2/c23-15-8-6-13(7-9-15)19-18-20(24)25-12-26-21(18)28(27-19)10-17-16(11-31-32-17)30-22(29)14-4-2-1-3-5-14/h1-9,12,16-17H,10-11H2,(H2,24,25,26)/t16-,17+/m1/s1. The fourth-order valence-electron chi connectivity index (χ4n) is 3.54. The molecule has 0 spiro atoms. The van der Waals surface area contributed by atoms with E-state index in [0.29, 0.717) is 45.4 Å². The van der Waals surface area contributed by atoms with Gasteiger partial charge in [0.1, 0.15) is 23.9 Å². The molecule has 0 radical (unpaired) electrons. The second-order valence-corrected chi connectivity index (χ2v) is 10.3. The quantitative estimate of drug-likeness (QED) is 0.322. The molecule has 0 saturated carbocycles. The minimum absolute atomic E-state index is 0.0185. The summed E-state index contributed by atoms with van der Waals surface area (Å²) in [5, 5.41) is 6.17. The first kappa shape index (κ1) is 21.1. The summed E-state index contributed by atoms with van der Waals surface area (Å²) < 4.78 is 7.65. The summed E-state index contributed by atoms with van der Waals surface area (Å²) in [5.74, 6) is 0.767. The normalized spacial score (nSPS) is 18.2. The molecule has 4 aromatic rings. The molecule has 5 rings (SSSR count). The van der Waals surface area contributed by atoms with Crippen molar-refractivity contribution in [3.8, 4) is 11.3 Å². The zero-order valence-corrected chi connectivity index (χ0v) is 19.1. The number of hydrogen-bond acceptors (Lipinski definition) is 8. The van der Waals surface area contributed by atoms with Gasteiger partial charge in [0.25, 0.3) is 0 Å². The molecule has 10 heteroatoms. The van der Waals surface area contributed by atoms with Gasteiger partial charge in [-0.15, -0.1) is 0 Å². The minimum Gasteiger partial charge on any atom is -0.457 e. The predicted molar refractivity (Wildman–Crippen MR) is 130 cm³/mol. The van der Waals surface area contributed by atoms with E-state index >= 15 is 0 Å². The molecule has 32 heavy (non-hydrogen) atoms. The monoisotopic (exact) mass is 483 g/mol. The molecule has 1 aliphatic rings. The highest BCUT2D eigenvalue weighted by molar-refractivity contribution is 8.77. The molecule has 2 atom stereocenters. The summed E-state index contributed by atoms with van der Waals surface area (Å²) in [7, 11) is 3.38. The Morgan fingerprint density at radius 1 is 1.16 bits per heavy atom. The van der Waals surface area contributed by atoms with Gasteiger partial charge in [-0.1, -0.05) is 63.5 Å². The molecule has 0 amide bonds. The van der Waals surface area contributed by atoms with Crippen LogP contribution >= 0.6 is 33.2 Å². The Morgan fingerprint density at radius 2 is 1.94 bits per heavy atom. The van der Waals surface area contributed by atoms with Gasteiger partial charge in [-0.3, -0.25) is 0 Å². The molecular weight excluding hydrogens is 466 g/mol. The van der Waals surface area contributed by atoms with Gasteiger partial charge >= 0.3 is 5.97 Å². The first-order valence-corrected chi connectivity index (χ1v) is 12.6. The highest BCUT2D eigenvalue weighted by Crippen LogP contribution is 2.41. The molecule has 2 aromatic heterocycles. The zero-order chi connectivity index (χ0) is 22.1. The maximum absolute atomic E-state index is 12.6. The van der Waals surface area contributed by atoms with Crippen molar-refractivity contribution in [2.24, 2.45) is 0 Å². The Balaban J connectivity index is 1.44. The summed E-state index contributed by atoms with van der Waals surface area (Å²) in [6.45, 7) is 0.519. The van der Waals surface area contributed by atoms with Gasteiger partial charge in [-0.2, -0.15) is 5.10 Å². The van der Waals surface area contributed by atoms with E-state index in [-0.39, 0.29) is 17.3 Å². The van der Waals surface area contributed by atoms with E-state index < -0.39 is 0 Å². The van der Waals surface area contributed by atoms with Gasteiger partial charge in [0.15, 0.2) is 5.65 Å². The van der Waals surface area contributed by atoms with Gasteiger partial charge in [0.2, 0.25) is 0 Å². The second-order valence-electron chi connectivity index (χ2n) is 7.22. The molecule has 1 aliphatic heterocycles. The number of nitrogens with two attached hydrogens (primary N) is 1. The van der Waals surface area contributed by atoms with Crippen LogP contribution in [0.25, 0.3) is 22.3 Å². The number of fused-ring (bicyclic) bond motifs is 1. The lowest BCUT2D eigenvalue weighted by Gasteiger charge is -2.18. The van der Waals surface area contributed by atoms with Crippen LogP contribution in [-0.2, 0) is 11.3 Å². The Labute approximate surface area is 197 Å². The van der Waals surface area contributed by atoms with Crippen molar-refractivity contribution >= 4 is 56.0 Å². The van der Waals surface area contributed by atoms with Crippen LogP contribution in [0.5, 0.6) is 0 Å². The first-order valence-electron chi connectivity index (χ1n) is 9.87. The Kier molecular flexibility index (Phi) is 5.95. The van der Waals surface area contributed by atoms with Crippen LogP contribution in [0.3, 0.4) is 0 Å². The van der Waals surface area contributed by atoms with E-state index in [2.05, 4.69) is 9.97 Å². The third kappa shape index (κ3) is 4.15. The van der Waals surface area contributed by atoms with Crippen LogP contribution in [0.2, 0.25) is 5.02 Å². The SMILES string of the molecule is Nc1ncnc2c1c(-c1ccc(Cl)cc1)nn2C[C@@H]1SSC[C@H]1OC(=O)c1ccccc1. The predicted octanol–water partition coefficient (Wildman–Crippen LogP) is 4.72. The van der Waals surface area contributed by atoms with Crippen molar-refractivity contribution in [3.05, 3.63) is 71.5 Å². The molecule has 0 bridgehead atoms. The molecule has 2 N–H and O–H groups in total. The summed E-state index contributed by atoms with van der Waals surface area (Å²) in [5.41, 5.74) is 8.96. The topological polar surface area (TPSA) is 95.9 Å². The number of aromatic nitrogens is 4. The smallest absolute Gasteiger partial charge is 0.338 e. The van der Waals surface area contributed by atoms with Gasteiger partial charge in [-0.25, -0.2) is 19.4 Å². The van der Waals surface area contributed by atoms with E-state index in [1.807, 2.05) is 47.1 Å². The fourth-order valence-corrected chi connectivity index (χ4v) is 6.67. The van der Waals surface area contributed by atoms with E-state index in [4.69, 9.17) is 27.2 Å². The maximum atomic E-state index is 12.6. The molecular formula is C22H18ClN5O2S2. The van der Waals surface area contributed by atoms with Crippen molar-refractivity contribution in [2.45, 2.75) is 17.9 Å². The minimum atomic E-state index is -0.317. The number of esters is 1. The highest BCUT2D eigenvalue weighted by Gasteiger charge is 2.34. The number of carbonyl (C=O) groups is 1. The van der Waals surface area contributed by atoms with Crippen molar-refractivity contribution in [2.75, 3.05) is 11.5 Å². The van der Waals surface area contributed by atoms with Gasteiger partial charge in [0, 0.05) is 16.3 Å². The number of nitrogens with zero attached hydrogens (tertiary/aromatic N) is 4. The Hall–Kier alpha value is -2.75. The average molecular weight is 484 g/mol. The second kappa shape index (κ2) is 9.01. The largest absolute Gasteiger partial charge is 0.457 e. The summed E-state index contributed by atoms with van der Waals surface area (Å²) in [6, 6.07) is 16.4. The van der Waals surface area contributed by atoms with Crippen LogP contribution in [0.15, 0.2) is 60.9 Å². The number of ether oxygens (including phenoxy) is 1. The number of anilines is 1. The van der Waals surface area contributed by atoms with Crippen LogP contribution in [0.4, 0.5) is 5.82 Å². The summed E-state index contributed by atoms with van der Waals surface area (Å²) >= 11 is 6.05. The maximum Gasteiger partial charge on any atom is 0.338 e. The number of hydrogen-bond donors (Lipinski definition) is 1. The number of carbonyl (C=O) groups excluding carboxylic acids is 1. The third-order valence-electron chi connectivity index (χ3n) is 5.14. The van der Waals surface area contributed by atoms with Crippen LogP contribution in [0.1, 0.15) is 10.4 Å². The number of benzene rings is 2. The molecule has 0 unspecified atom stereocenters. The molecule has 3 heterocycles. The van der Waals surface area contributed by atoms with Crippen LogP contribution < -0.4 is 5.73 Å². The van der Waals surface area contributed by atoms with Crippen LogP contribution in [0, 0.1) is 0 Å². The Bertz CT molecular complexity index is 1270. The summed E-state index contributed by atoms with van der Waals surface area (Å²) in [4.78, 5) is 21.2. The van der Waals surface area contributed by atoms with Crippen molar-refractivity contribution < 1.29 is 9.53 Å². The zero-order valence-electron chi connectivity index (χ0n) is 16.7. The lowest BCUT2D eigenvalue weighted by atomic mass is 10.1. The lowest BCUT2D eigenvalue weighted by Crippen LogP contribution is -2.31. The molecule has 162 valence electrons. The lowest BCUT2D eigenvalue weighted by molar-refractivity contribution is 0.0342. The van der Waals surface area contributed by atoms with Gasteiger partial charge in [-0.05, 0) is 24.3 Å². The number of halogens is 1. The van der Waals surface area contributed by atoms with E-state index in [9.17, 15) is 4.79 Å². The van der Waals surface area contributed by atoms with Gasteiger partial charge < -0.3 is 10.5 Å². The summed E-state index contributed by atoms with van der Waals surface area (Å²) in [6.07, 6.45) is 1.19. The van der Waals surface area contributed by atoms with E-state index in [1.165, 1.54) is 6.33 Å². The average Bonchev–Trinajstić information content (AvgIpc) is 3.40. The van der Waals surface area contributed by atoms with Crippen molar-refractivity contribution in [3.63, 3.8) is 0 Å². The molecule has 0 aliphatic carbocycles. The Morgan fingerprint density at radius 3 is 2.72 bits per heavy atom. The molecule has 1 saturated heterocycles. The fraction of sp³-hybridized carbons (Fsp3) is 0.182. The number of nitrogen functional groups attached to an aromatic ring is 1. The molecule has 1 fully saturated rings. The molecule has 7 nitrogen and oxygen atoms in total. The third-order valence-corrected chi connectivity index (χ3v) is 8.25. The van der Waals surface area contributed by atoms with E-state index in [0.717, 1.165) is 5.56 Å². The first-order chi connectivity index (χ1) is 15.6. The van der Waals surface area contributed by atoms with Crippen molar-refractivity contribution in [1.82, 2.24) is 19.7 Å². The van der Waals surface area contributed by atoms with Gasteiger partial charge in [0.05, 0.1) is 22.7 Å². The van der Waals surface area contributed by atoms with Crippen molar-refractivity contribution in [1.29, 1.82) is 0 Å². The van der Waals surface area contributed by atoms with E-state index in [1.54, 1.807) is 33.7 Å². The molecule has 2 aromatic carbocycles. The number of rotatable bonds is 5. The van der Waals surface area contributed by atoms with Crippen LogP contribution in [-0.4, -0.2) is 42.8 Å².